The zero-order valence-corrected chi connectivity index (χ0v) is 14.1. The summed E-state index contributed by atoms with van der Waals surface area (Å²) in [5.74, 6) is 1.05. The molecule has 5 aliphatic rings. The predicted molar refractivity (Wildman–Crippen MR) is 90.2 cm³/mol. The minimum absolute atomic E-state index is 0.108. The zero-order valence-electron chi connectivity index (χ0n) is 14.1. The van der Waals surface area contributed by atoms with Crippen LogP contribution in [0, 0.1) is 35.5 Å². The van der Waals surface area contributed by atoms with E-state index in [2.05, 4.69) is 12.2 Å². The predicted octanol–water partition coefficient (Wildman–Crippen LogP) is 2.46. The van der Waals surface area contributed by atoms with Crippen LogP contribution in [0.3, 0.4) is 0 Å². The molecular formula is C20H19NO4. The van der Waals surface area contributed by atoms with Crippen LogP contribution in [-0.4, -0.2) is 24.7 Å². The first kappa shape index (κ1) is 14.9. The molecule has 0 unspecified atom stereocenters. The van der Waals surface area contributed by atoms with E-state index in [0.29, 0.717) is 28.8 Å². The number of hydrogen-bond donors (Lipinski definition) is 0. The van der Waals surface area contributed by atoms with Crippen molar-refractivity contribution in [2.45, 2.75) is 13.3 Å². The molecule has 6 atom stereocenters. The second-order valence-corrected chi connectivity index (χ2v) is 7.61. The number of ether oxygens (including phenoxy) is 1. The zero-order chi connectivity index (χ0) is 17.5. The van der Waals surface area contributed by atoms with Crippen molar-refractivity contribution in [2.75, 3.05) is 12.0 Å². The largest absolute Gasteiger partial charge is 0.495 e. The molecule has 1 saturated heterocycles. The van der Waals surface area contributed by atoms with Gasteiger partial charge in [0, 0.05) is 5.56 Å². The van der Waals surface area contributed by atoms with Crippen molar-refractivity contribution in [2.24, 2.45) is 35.5 Å². The summed E-state index contributed by atoms with van der Waals surface area (Å²) in [7, 11) is 1.50. The van der Waals surface area contributed by atoms with Crippen molar-refractivity contribution in [1.82, 2.24) is 0 Å². The number of hydrogen-bond acceptors (Lipinski definition) is 4. The van der Waals surface area contributed by atoms with Crippen molar-refractivity contribution in [3.8, 4) is 5.75 Å². The van der Waals surface area contributed by atoms with Crippen molar-refractivity contribution in [1.29, 1.82) is 0 Å². The standard InChI is InChI=1S/C20H19NO4/c1-9(22)10-3-6-16(25-2)15(7-10)21-19(23)17-11-4-5-12(14-8-13(11)14)18(17)20(21)24/h3-7,11-14,17-18H,8H2,1-2H3/t11-,12+,13-,14-,17+,18+/m1/s1. The van der Waals surface area contributed by atoms with E-state index in [1.807, 2.05) is 0 Å². The molecule has 4 aliphatic carbocycles. The van der Waals surface area contributed by atoms with Crippen LogP contribution in [0.25, 0.3) is 0 Å². The lowest BCUT2D eigenvalue weighted by Gasteiger charge is -2.37. The molecule has 0 aromatic heterocycles. The van der Waals surface area contributed by atoms with Gasteiger partial charge in [0.2, 0.25) is 11.8 Å². The van der Waals surface area contributed by atoms with Gasteiger partial charge in [0.05, 0.1) is 24.6 Å². The second kappa shape index (κ2) is 4.81. The van der Waals surface area contributed by atoms with Crippen molar-refractivity contribution in [3.05, 3.63) is 35.9 Å². The first-order valence-corrected chi connectivity index (χ1v) is 8.78. The van der Waals surface area contributed by atoms with Gasteiger partial charge in [-0.05, 0) is 55.2 Å². The first-order chi connectivity index (χ1) is 12.0. The lowest BCUT2D eigenvalue weighted by atomic mass is 9.63. The van der Waals surface area contributed by atoms with Crippen LogP contribution in [0.1, 0.15) is 23.7 Å². The lowest BCUT2D eigenvalue weighted by molar-refractivity contribution is -0.124. The molecule has 1 aromatic rings. The Labute approximate surface area is 145 Å². The summed E-state index contributed by atoms with van der Waals surface area (Å²) in [4.78, 5) is 39.4. The maximum absolute atomic E-state index is 13.2. The Morgan fingerprint density at radius 2 is 1.68 bits per heavy atom. The molecule has 1 aliphatic heterocycles. The summed E-state index contributed by atoms with van der Waals surface area (Å²) >= 11 is 0. The highest BCUT2D eigenvalue weighted by Crippen LogP contribution is 2.65. The maximum atomic E-state index is 13.2. The Morgan fingerprint density at radius 3 is 2.20 bits per heavy atom. The molecule has 1 heterocycles. The topological polar surface area (TPSA) is 63.7 Å². The minimum atomic E-state index is -0.253. The highest BCUT2D eigenvalue weighted by atomic mass is 16.5. The van der Waals surface area contributed by atoms with Crippen LogP contribution >= 0.6 is 0 Å². The smallest absolute Gasteiger partial charge is 0.238 e. The molecule has 5 nitrogen and oxygen atoms in total. The summed E-state index contributed by atoms with van der Waals surface area (Å²) < 4.78 is 5.37. The molecule has 0 spiro atoms. The van der Waals surface area contributed by atoms with E-state index in [1.165, 1.54) is 18.9 Å². The molecule has 6 rings (SSSR count). The van der Waals surface area contributed by atoms with Gasteiger partial charge in [-0.1, -0.05) is 12.2 Å². The maximum Gasteiger partial charge on any atom is 0.238 e. The summed E-state index contributed by atoms with van der Waals surface area (Å²) in [6.07, 6.45) is 5.44. The Morgan fingerprint density at radius 1 is 1.08 bits per heavy atom. The van der Waals surface area contributed by atoms with Crippen molar-refractivity contribution >= 4 is 23.3 Å². The van der Waals surface area contributed by atoms with E-state index >= 15 is 0 Å². The molecule has 25 heavy (non-hydrogen) atoms. The molecule has 0 N–H and O–H groups in total. The van der Waals surface area contributed by atoms with Gasteiger partial charge in [0.1, 0.15) is 5.75 Å². The first-order valence-electron chi connectivity index (χ1n) is 8.78. The fraction of sp³-hybridized carbons (Fsp3) is 0.450. The molecule has 5 heteroatoms. The number of amides is 2. The third kappa shape index (κ3) is 1.81. The Kier molecular flexibility index (Phi) is 2.86. The van der Waals surface area contributed by atoms with Gasteiger partial charge < -0.3 is 4.74 Å². The molecular weight excluding hydrogens is 318 g/mol. The van der Waals surface area contributed by atoms with Gasteiger partial charge in [-0.15, -0.1) is 0 Å². The van der Waals surface area contributed by atoms with E-state index in [0.717, 1.165) is 6.42 Å². The summed E-state index contributed by atoms with van der Waals surface area (Å²) in [5, 5.41) is 0. The number of carbonyl (C=O) groups excluding carboxylic acids is 3. The normalized spacial score (nSPS) is 37.1. The third-order valence-corrected chi connectivity index (χ3v) is 6.49. The Balaban J connectivity index is 1.60. The highest BCUT2D eigenvalue weighted by Gasteiger charge is 2.67. The van der Waals surface area contributed by atoms with Crippen molar-refractivity contribution in [3.63, 3.8) is 0 Å². The number of carbonyl (C=O) groups is 3. The van der Waals surface area contributed by atoms with Gasteiger partial charge in [-0.2, -0.15) is 0 Å². The average Bonchev–Trinajstić information content (AvgIpc) is 3.39. The fourth-order valence-corrected chi connectivity index (χ4v) is 5.28. The second-order valence-electron chi connectivity index (χ2n) is 7.61. The minimum Gasteiger partial charge on any atom is -0.495 e. The number of ketones is 1. The van der Waals surface area contributed by atoms with Crippen LogP contribution in [0.15, 0.2) is 30.4 Å². The fourth-order valence-electron chi connectivity index (χ4n) is 5.28. The van der Waals surface area contributed by atoms with Crippen molar-refractivity contribution < 1.29 is 19.1 Å². The monoisotopic (exact) mass is 337 g/mol. The number of Topliss-reactive ketones (excluding diaryl/α,β-unsaturated/α-hetero) is 1. The average molecular weight is 337 g/mol. The molecule has 1 aromatic carbocycles. The van der Waals surface area contributed by atoms with Crippen LogP contribution in [0.5, 0.6) is 5.75 Å². The summed E-state index contributed by atoms with van der Waals surface area (Å²) in [6.45, 7) is 1.47. The third-order valence-electron chi connectivity index (χ3n) is 6.49. The van der Waals surface area contributed by atoms with E-state index in [-0.39, 0.29) is 41.3 Å². The number of imide groups is 1. The number of rotatable bonds is 3. The molecule has 2 saturated carbocycles. The van der Waals surface area contributed by atoms with E-state index < -0.39 is 0 Å². The molecule has 128 valence electrons. The van der Waals surface area contributed by atoms with Crippen LogP contribution < -0.4 is 9.64 Å². The van der Waals surface area contributed by atoms with Gasteiger partial charge >= 0.3 is 0 Å². The number of benzene rings is 1. The molecule has 2 amide bonds. The number of anilines is 1. The Hall–Kier alpha value is -2.43. The summed E-state index contributed by atoms with van der Waals surface area (Å²) in [5.41, 5.74) is 0.864. The molecule has 0 radical (unpaired) electrons. The molecule has 3 fully saturated rings. The van der Waals surface area contributed by atoms with Gasteiger partial charge in [0.25, 0.3) is 0 Å². The van der Waals surface area contributed by atoms with E-state index in [1.54, 1.807) is 18.2 Å². The van der Waals surface area contributed by atoms with Crippen LogP contribution in [0.2, 0.25) is 0 Å². The van der Waals surface area contributed by atoms with E-state index in [9.17, 15) is 14.4 Å². The quantitative estimate of drug-likeness (QED) is 0.483. The molecule has 2 bridgehead atoms. The Bertz CT molecular complexity index is 821. The SMILES string of the molecule is COc1ccc(C(C)=O)cc1N1C(=O)[C@H]2[C@@H]3C=C[C@@H]([C@H]4C[C@H]34)[C@@H]2C1=O. The van der Waals surface area contributed by atoms with Crippen LogP contribution in [0.4, 0.5) is 5.69 Å². The lowest BCUT2D eigenvalue weighted by Crippen LogP contribution is -2.40. The van der Waals surface area contributed by atoms with Gasteiger partial charge in [0.15, 0.2) is 5.78 Å². The summed E-state index contributed by atoms with van der Waals surface area (Å²) in [6, 6.07) is 4.91. The number of nitrogens with zero attached hydrogens (tertiary/aromatic N) is 1. The van der Waals surface area contributed by atoms with Crippen LogP contribution in [-0.2, 0) is 9.59 Å². The van der Waals surface area contributed by atoms with E-state index in [4.69, 9.17) is 4.74 Å². The highest BCUT2D eigenvalue weighted by molar-refractivity contribution is 6.23. The van der Waals surface area contributed by atoms with Gasteiger partial charge in [-0.3, -0.25) is 14.4 Å². The number of methoxy groups -OCH3 is 1. The number of allylic oxidation sites excluding steroid dienone is 2. The van der Waals surface area contributed by atoms with Gasteiger partial charge in [-0.25, -0.2) is 4.90 Å².